The number of benzene rings is 1. The van der Waals surface area contributed by atoms with E-state index in [-0.39, 0.29) is 24.2 Å². The fraction of sp³-hybridized carbons (Fsp3) is 0.421. The fourth-order valence-electron chi connectivity index (χ4n) is 3.18. The summed E-state index contributed by atoms with van der Waals surface area (Å²) in [5.41, 5.74) is 1.85. The van der Waals surface area contributed by atoms with E-state index in [0.717, 1.165) is 17.1 Å². The first kappa shape index (κ1) is 17.2. The second-order valence-corrected chi connectivity index (χ2v) is 6.93. The minimum atomic E-state index is -0.276. The third-order valence-electron chi connectivity index (χ3n) is 4.52. The number of carbonyl (C=O) groups excluding carboxylic acids is 2. The lowest BCUT2D eigenvalue weighted by molar-refractivity contribution is -0.127. The van der Waals surface area contributed by atoms with Crippen molar-refractivity contribution in [2.75, 3.05) is 18.9 Å². The van der Waals surface area contributed by atoms with Gasteiger partial charge in [-0.25, -0.2) is 4.98 Å². The number of anilines is 1. The zero-order valence-corrected chi connectivity index (χ0v) is 14.9. The van der Waals surface area contributed by atoms with Crippen LogP contribution in [0, 0.1) is 5.92 Å². The highest BCUT2D eigenvalue weighted by Crippen LogP contribution is 2.20. The van der Waals surface area contributed by atoms with Crippen LogP contribution in [0.2, 0.25) is 0 Å². The summed E-state index contributed by atoms with van der Waals surface area (Å²) in [6.45, 7) is 5.43. The van der Waals surface area contributed by atoms with Gasteiger partial charge in [-0.2, -0.15) is 0 Å². The molecule has 0 spiro atoms. The molecule has 1 N–H and O–H groups in total. The molecule has 1 aliphatic heterocycles. The second-order valence-electron chi connectivity index (χ2n) is 6.93. The number of hydrogen-bond donors (Lipinski definition) is 1. The molecule has 1 aromatic carbocycles. The van der Waals surface area contributed by atoms with Crippen molar-refractivity contribution in [3.63, 3.8) is 0 Å². The molecule has 2 aromatic rings. The first-order valence-electron chi connectivity index (χ1n) is 8.59. The van der Waals surface area contributed by atoms with Crippen LogP contribution in [0.25, 0.3) is 0 Å². The lowest BCUT2D eigenvalue weighted by atomic mass is 10.1. The lowest BCUT2D eigenvalue weighted by Gasteiger charge is -2.13. The van der Waals surface area contributed by atoms with Gasteiger partial charge in [-0.15, -0.1) is 0 Å². The van der Waals surface area contributed by atoms with Crippen LogP contribution in [-0.2, 0) is 16.1 Å². The Balaban J connectivity index is 1.68. The maximum absolute atomic E-state index is 12.4. The van der Waals surface area contributed by atoms with Crippen LogP contribution < -0.4 is 5.32 Å². The Labute approximate surface area is 147 Å². The molecule has 0 aliphatic carbocycles. The summed E-state index contributed by atoms with van der Waals surface area (Å²) in [5.74, 6) is 1.05. The van der Waals surface area contributed by atoms with E-state index in [4.69, 9.17) is 0 Å². The molecule has 2 amide bonds. The molecule has 1 aliphatic rings. The summed E-state index contributed by atoms with van der Waals surface area (Å²) >= 11 is 0. The molecule has 0 saturated carbocycles. The second kappa shape index (κ2) is 7.09. The van der Waals surface area contributed by atoms with Crippen molar-refractivity contribution in [1.82, 2.24) is 14.5 Å². The quantitative estimate of drug-likeness (QED) is 0.909. The molecule has 1 fully saturated rings. The van der Waals surface area contributed by atoms with Gasteiger partial charge in [0.05, 0.1) is 5.92 Å². The summed E-state index contributed by atoms with van der Waals surface area (Å²) in [5, 5.41) is 2.94. The predicted octanol–water partition coefficient (Wildman–Crippen LogP) is 2.47. The van der Waals surface area contributed by atoms with Crippen LogP contribution in [0.1, 0.15) is 37.6 Å². The van der Waals surface area contributed by atoms with Crippen molar-refractivity contribution in [3.05, 3.63) is 48.0 Å². The summed E-state index contributed by atoms with van der Waals surface area (Å²) in [7, 11) is 1.73. The Hall–Kier alpha value is -2.63. The summed E-state index contributed by atoms with van der Waals surface area (Å²) < 4.78 is 2.12. The minimum Gasteiger partial charge on any atom is -0.345 e. The Morgan fingerprint density at radius 2 is 2.20 bits per heavy atom. The van der Waals surface area contributed by atoms with E-state index < -0.39 is 0 Å². The van der Waals surface area contributed by atoms with E-state index in [0.29, 0.717) is 19.0 Å². The van der Waals surface area contributed by atoms with Gasteiger partial charge in [0.2, 0.25) is 11.8 Å². The van der Waals surface area contributed by atoms with Crippen LogP contribution in [0.5, 0.6) is 0 Å². The molecule has 3 rings (SSSR count). The molecule has 25 heavy (non-hydrogen) atoms. The molecule has 1 aromatic heterocycles. The van der Waals surface area contributed by atoms with Gasteiger partial charge in [-0.05, 0) is 17.7 Å². The van der Waals surface area contributed by atoms with Crippen LogP contribution >= 0.6 is 0 Å². The van der Waals surface area contributed by atoms with Gasteiger partial charge in [0.15, 0.2) is 0 Å². The largest absolute Gasteiger partial charge is 0.345 e. The van der Waals surface area contributed by atoms with Crippen molar-refractivity contribution in [3.8, 4) is 0 Å². The van der Waals surface area contributed by atoms with E-state index in [9.17, 15) is 9.59 Å². The molecule has 0 radical (unpaired) electrons. The highest BCUT2D eigenvalue weighted by molar-refractivity contribution is 5.97. The number of imidazole rings is 1. The van der Waals surface area contributed by atoms with Gasteiger partial charge >= 0.3 is 0 Å². The Morgan fingerprint density at radius 3 is 2.88 bits per heavy atom. The van der Waals surface area contributed by atoms with E-state index in [1.54, 1.807) is 11.9 Å². The number of rotatable bonds is 5. The summed E-state index contributed by atoms with van der Waals surface area (Å²) in [4.78, 5) is 30.0. The molecule has 132 valence electrons. The average molecular weight is 340 g/mol. The van der Waals surface area contributed by atoms with E-state index in [1.165, 1.54) is 0 Å². The predicted molar refractivity (Wildman–Crippen MR) is 96.2 cm³/mol. The molecule has 6 nitrogen and oxygen atoms in total. The number of nitrogens with zero attached hydrogens (tertiary/aromatic N) is 3. The number of carbonyl (C=O) groups is 2. The van der Waals surface area contributed by atoms with Crippen LogP contribution in [-0.4, -0.2) is 39.9 Å². The van der Waals surface area contributed by atoms with Crippen LogP contribution in [0.3, 0.4) is 0 Å². The van der Waals surface area contributed by atoms with Gasteiger partial charge in [-0.1, -0.05) is 26.0 Å². The number of nitrogens with one attached hydrogen (secondary N) is 1. The Morgan fingerprint density at radius 1 is 1.40 bits per heavy atom. The Kier molecular flexibility index (Phi) is 4.88. The van der Waals surface area contributed by atoms with Crippen molar-refractivity contribution in [1.29, 1.82) is 0 Å². The fourth-order valence-corrected chi connectivity index (χ4v) is 3.18. The molecule has 0 unspecified atom stereocenters. The molecule has 1 atom stereocenters. The molecule has 6 heteroatoms. The summed E-state index contributed by atoms with van der Waals surface area (Å²) in [6, 6.07) is 7.82. The van der Waals surface area contributed by atoms with Crippen molar-refractivity contribution < 1.29 is 9.59 Å². The number of amides is 2. The smallest absolute Gasteiger partial charge is 0.229 e. The maximum atomic E-state index is 12.4. The maximum Gasteiger partial charge on any atom is 0.229 e. The number of likely N-dealkylation sites (tertiary alicyclic amines) is 1. The first-order valence-corrected chi connectivity index (χ1v) is 8.59. The lowest BCUT2D eigenvalue weighted by Crippen LogP contribution is -2.25. The molecular formula is C19H24N4O2. The average Bonchev–Trinajstić information content (AvgIpc) is 3.15. The SMILES string of the molecule is CC(C)c1nccn1Cc1cccc(NC(=O)[C@H]2CC(=O)N(C)C2)c1. The molecule has 0 bridgehead atoms. The van der Waals surface area contributed by atoms with Gasteiger partial charge < -0.3 is 14.8 Å². The third kappa shape index (κ3) is 3.90. The number of aromatic nitrogens is 2. The van der Waals surface area contributed by atoms with Crippen molar-refractivity contribution >= 4 is 17.5 Å². The Bertz CT molecular complexity index is 781. The molecular weight excluding hydrogens is 316 g/mol. The third-order valence-corrected chi connectivity index (χ3v) is 4.52. The standard InChI is InChI=1S/C19H24N4O2/c1-13(2)18-20-7-8-23(18)11-14-5-4-6-16(9-14)21-19(25)15-10-17(24)22(3)12-15/h4-9,13,15H,10-12H2,1-3H3,(H,21,25)/t15-/m0/s1. The first-order chi connectivity index (χ1) is 11.9. The van der Waals surface area contributed by atoms with Gasteiger partial charge in [-0.3, -0.25) is 9.59 Å². The monoisotopic (exact) mass is 340 g/mol. The zero-order valence-electron chi connectivity index (χ0n) is 14.9. The van der Waals surface area contributed by atoms with E-state index in [1.807, 2.05) is 36.7 Å². The topological polar surface area (TPSA) is 67.2 Å². The summed E-state index contributed by atoms with van der Waals surface area (Å²) in [6.07, 6.45) is 4.07. The van der Waals surface area contributed by atoms with Gasteiger partial charge in [0, 0.05) is 50.6 Å². The zero-order chi connectivity index (χ0) is 18.0. The highest BCUT2D eigenvalue weighted by Gasteiger charge is 2.32. The van der Waals surface area contributed by atoms with E-state index >= 15 is 0 Å². The van der Waals surface area contributed by atoms with Crippen LogP contribution in [0.15, 0.2) is 36.7 Å². The normalized spacial score (nSPS) is 17.4. The van der Waals surface area contributed by atoms with Crippen molar-refractivity contribution in [2.45, 2.75) is 32.7 Å². The molecule has 2 heterocycles. The molecule has 1 saturated heterocycles. The minimum absolute atomic E-state index is 0.0234. The highest BCUT2D eigenvalue weighted by atomic mass is 16.2. The van der Waals surface area contributed by atoms with Crippen molar-refractivity contribution in [2.24, 2.45) is 5.92 Å². The number of hydrogen-bond acceptors (Lipinski definition) is 3. The van der Waals surface area contributed by atoms with Crippen LogP contribution in [0.4, 0.5) is 5.69 Å². The van der Waals surface area contributed by atoms with Gasteiger partial charge in [0.25, 0.3) is 0 Å². The van der Waals surface area contributed by atoms with E-state index in [2.05, 4.69) is 28.7 Å². The van der Waals surface area contributed by atoms with Gasteiger partial charge in [0.1, 0.15) is 5.82 Å².